The number of ether oxygens (including phenoxy) is 1. The quantitative estimate of drug-likeness (QED) is 0.517. The molecule has 2 heterocycles. The van der Waals surface area contributed by atoms with E-state index in [2.05, 4.69) is 15.3 Å². The molecule has 0 saturated carbocycles. The van der Waals surface area contributed by atoms with Crippen molar-refractivity contribution in [3.63, 3.8) is 0 Å². The van der Waals surface area contributed by atoms with E-state index in [1.807, 2.05) is 24.3 Å². The van der Waals surface area contributed by atoms with Gasteiger partial charge in [0.15, 0.2) is 11.6 Å². The second-order valence-corrected chi connectivity index (χ2v) is 7.66. The van der Waals surface area contributed by atoms with Crippen LogP contribution in [-0.4, -0.2) is 41.4 Å². The summed E-state index contributed by atoms with van der Waals surface area (Å²) in [4.78, 5) is 9.97. The standard InChI is InChI=1S/C23H25F2N5O2/c1-32-18-9-7-15(8-10-18)13-27-20-19(26)21(30-12-11-17(31)14-30)29-22(28-20)23(24,25)16-5-3-2-4-6-16/h2-10,17,31H,11-14,26H2,1H3,(H,27,28,29). The van der Waals surface area contributed by atoms with E-state index in [1.165, 1.54) is 12.1 Å². The lowest BCUT2D eigenvalue weighted by Gasteiger charge is -2.24. The van der Waals surface area contributed by atoms with Crippen molar-refractivity contribution in [2.75, 3.05) is 36.1 Å². The zero-order valence-corrected chi connectivity index (χ0v) is 17.6. The molecule has 9 heteroatoms. The second-order valence-electron chi connectivity index (χ2n) is 7.66. The van der Waals surface area contributed by atoms with Gasteiger partial charge >= 0.3 is 5.92 Å². The zero-order valence-electron chi connectivity index (χ0n) is 17.6. The normalized spacial score (nSPS) is 16.2. The van der Waals surface area contributed by atoms with Gasteiger partial charge in [-0.1, -0.05) is 42.5 Å². The Bertz CT molecular complexity index is 1060. The highest BCUT2D eigenvalue weighted by Gasteiger charge is 2.39. The predicted octanol–water partition coefficient (Wildman–Crippen LogP) is 3.39. The molecule has 168 valence electrons. The van der Waals surface area contributed by atoms with Gasteiger partial charge in [0, 0.05) is 25.2 Å². The van der Waals surface area contributed by atoms with E-state index in [-0.39, 0.29) is 29.4 Å². The minimum Gasteiger partial charge on any atom is -0.497 e. The lowest BCUT2D eigenvalue weighted by molar-refractivity contribution is 0.0331. The Hall–Kier alpha value is -3.46. The molecule has 2 aromatic carbocycles. The average molecular weight is 441 g/mol. The van der Waals surface area contributed by atoms with Crippen LogP contribution in [0, 0.1) is 0 Å². The highest BCUT2D eigenvalue weighted by Crippen LogP contribution is 2.38. The van der Waals surface area contributed by atoms with Crippen LogP contribution in [0.1, 0.15) is 23.4 Å². The van der Waals surface area contributed by atoms with Gasteiger partial charge in [-0.2, -0.15) is 8.78 Å². The van der Waals surface area contributed by atoms with Crippen LogP contribution in [0.2, 0.25) is 0 Å². The first-order valence-corrected chi connectivity index (χ1v) is 10.3. The van der Waals surface area contributed by atoms with Crippen LogP contribution in [0.3, 0.4) is 0 Å². The molecule has 0 spiro atoms. The van der Waals surface area contributed by atoms with Gasteiger partial charge < -0.3 is 25.8 Å². The summed E-state index contributed by atoms with van der Waals surface area (Å²) in [6, 6.07) is 14.8. The topological polar surface area (TPSA) is 96.5 Å². The number of nitrogens with one attached hydrogen (secondary N) is 1. The number of methoxy groups -OCH3 is 1. The van der Waals surface area contributed by atoms with E-state index < -0.39 is 17.9 Å². The van der Waals surface area contributed by atoms with E-state index in [4.69, 9.17) is 10.5 Å². The molecule has 0 aliphatic carbocycles. The van der Waals surface area contributed by atoms with Crippen molar-refractivity contribution in [2.24, 2.45) is 0 Å². The number of nitrogens with two attached hydrogens (primary N) is 1. The Morgan fingerprint density at radius 3 is 2.50 bits per heavy atom. The first kappa shape index (κ1) is 21.8. The summed E-state index contributed by atoms with van der Waals surface area (Å²) in [6.45, 7) is 1.07. The molecule has 1 aromatic heterocycles. The number of nitrogen functional groups attached to an aromatic ring is 1. The summed E-state index contributed by atoms with van der Waals surface area (Å²) in [5.74, 6) is -3.03. The summed E-state index contributed by atoms with van der Waals surface area (Å²) < 4.78 is 35.8. The maximum Gasteiger partial charge on any atom is 0.331 e. The summed E-state index contributed by atoms with van der Waals surface area (Å²) >= 11 is 0. The molecule has 0 radical (unpaired) electrons. The van der Waals surface area contributed by atoms with Crippen molar-refractivity contribution in [1.82, 2.24) is 9.97 Å². The molecule has 0 amide bonds. The molecule has 1 unspecified atom stereocenters. The van der Waals surface area contributed by atoms with Crippen LogP contribution in [-0.2, 0) is 12.5 Å². The van der Waals surface area contributed by atoms with E-state index in [0.717, 1.165) is 11.3 Å². The molecule has 0 bridgehead atoms. The summed E-state index contributed by atoms with van der Waals surface area (Å²) in [6.07, 6.45) is -0.0409. The zero-order chi connectivity index (χ0) is 22.7. The molecule has 7 nitrogen and oxygen atoms in total. The average Bonchev–Trinajstić information content (AvgIpc) is 3.25. The summed E-state index contributed by atoms with van der Waals surface area (Å²) in [5, 5.41) is 13.0. The smallest absolute Gasteiger partial charge is 0.331 e. The minimum atomic E-state index is -3.42. The highest BCUT2D eigenvalue weighted by molar-refractivity contribution is 5.76. The number of aliphatic hydroxyl groups is 1. The molecule has 1 saturated heterocycles. The van der Waals surface area contributed by atoms with Crippen molar-refractivity contribution in [3.8, 4) is 5.75 Å². The fourth-order valence-electron chi connectivity index (χ4n) is 3.61. The van der Waals surface area contributed by atoms with E-state index in [0.29, 0.717) is 19.5 Å². The van der Waals surface area contributed by atoms with Gasteiger partial charge in [0.2, 0.25) is 5.82 Å². The fraction of sp³-hybridized carbons (Fsp3) is 0.304. The van der Waals surface area contributed by atoms with Crippen molar-refractivity contribution in [3.05, 3.63) is 71.5 Å². The Morgan fingerprint density at radius 1 is 1.16 bits per heavy atom. The van der Waals surface area contributed by atoms with Crippen LogP contribution in [0.25, 0.3) is 0 Å². The van der Waals surface area contributed by atoms with Crippen LogP contribution in [0.5, 0.6) is 5.75 Å². The molecular weight excluding hydrogens is 416 g/mol. The molecule has 1 atom stereocenters. The number of aliphatic hydroxyl groups excluding tert-OH is 1. The monoisotopic (exact) mass is 441 g/mol. The number of anilines is 3. The Morgan fingerprint density at radius 2 is 1.88 bits per heavy atom. The van der Waals surface area contributed by atoms with Crippen molar-refractivity contribution in [2.45, 2.75) is 25.0 Å². The van der Waals surface area contributed by atoms with Crippen LogP contribution in [0.4, 0.5) is 26.1 Å². The van der Waals surface area contributed by atoms with E-state index in [9.17, 15) is 5.11 Å². The third-order valence-electron chi connectivity index (χ3n) is 5.42. The van der Waals surface area contributed by atoms with Gasteiger partial charge in [0.1, 0.15) is 11.4 Å². The fourth-order valence-corrected chi connectivity index (χ4v) is 3.61. The van der Waals surface area contributed by atoms with Crippen LogP contribution < -0.4 is 20.7 Å². The maximum atomic E-state index is 15.3. The number of aromatic nitrogens is 2. The minimum absolute atomic E-state index is 0.123. The SMILES string of the molecule is COc1ccc(CNc2nc(C(F)(F)c3ccccc3)nc(N3CCC(O)C3)c2N)cc1. The van der Waals surface area contributed by atoms with Crippen molar-refractivity contribution in [1.29, 1.82) is 0 Å². The van der Waals surface area contributed by atoms with Gasteiger partial charge in [-0.05, 0) is 24.1 Å². The summed E-state index contributed by atoms with van der Waals surface area (Å²) in [7, 11) is 1.58. The molecular formula is C23H25F2N5O2. The third-order valence-corrected chi connectivity index (χ3v) is 5.42. The van der Waals surface area contributed by atoms with Gasteiger partial charge in [-0.3, -0.25) is 0 Å². The van der Waals surface area contributed by atoms with Crippen molar-refractivity contribution < 1.29 is 18.6 Å². The lowest BCUT2D eigenvalue weighted by atomic mass is 10.1. The molecule has 1 fully saturated rings. The number of benzene rings is 2. The van der Waals surface area contributed by atoms with Gasteiger partial charge in [0.25, 0.3) is 0 Å². The van der Waals surface area contributed by atoms with Crippen LogP contribution >= 0.6 is 0 Å². The lowest BCUT2D eigenvalue weighted by Crippen LogP contribution is -2.27. The molecule has 1 aliphatic heterocycles. The first-order valence-electron chi connectivity index (χ1n) is 10.3. The number of β-amino-alcohol motifs (C(OH)–C–C–N with tert-alkyl or cyclic N) is 1. The van der Waals surface area contributed by atoms with E-state index >= 15 is 8.78 Å². The Balaban J connectivity index is 1.70. The maximum absolute atomic E-state index is 15.3. The van der Waals surface area contributed by atoms with Gasteiger partial charge in [-0.15, -0.1) is 0 Å². The predicted molar refractivity (Wildman–Crippen MR) is 119 cm³/mol. The molecule has 4 rings (SSSR count). The molecule has 1 aliphatic rings. The number of hydrogen-bond donors (Lipinski definition) is 3. The summed E-state index contributed by atoms with van der Waals surface area (Å²) in [5.41, 5.74) is 7.15. The van der Waals surface area contributed by atoms with Gasteiger partial charge in [-0.25, -0.2) is 9.97 Å². The molecule has 3 aromatic rings. The molecule has 4 N–H and O–H groups in total. The van der Waals surface area contributed by atoms with Crippen molar-refractivity contribution >= 4 is 17.3 Å². The highest BCUT2D eigenvalue weighted by atomic mass is 19.3. The van der Waals surface area contributed by atoms with Crippen LogP contribution in [0.15, 0.2) is 54.6 Å². The number of halogens is 2. The number of rotatable bonds is 7. The van der Waals surface area contributed by atoms with Gasteiger partial charge in [0.05, 0.1) is 13.2 Å². The van der Waals surface area contributed by atoms with E-state index in [1.54, 1.807) is 30.2 Å². The second kappa shape index (κ2) is 8.96. The Kier molecular flexibility index (Phi) is 6.09. The Labute approximate surface area is 184 Å². The number of hydrogen-bond acceptors (Lipinski definition) is 7. The third kappa shape index (κ3) is 4.43. The molecule has 32 heavy (non-hydrogen) atoms. The first-order chi connectivity index (χ1) is 15.4. The largest absolute Gasteiger partial charge is 0.497 e. The number of nitrogens with zero attached hydrogens (tertiary/aromatic N) is 3. The number of alkyl halides is 2.